The van der Waals surface area contributed by atoms with Crippen LogP contribution in [0.2, 0.25) is 5.02 Å². The maximum atomic E-state index is 12.6. The predicted molar refractivity (Wildman–Crippen MR) is 117 cm³/mol. The van der Waals surface area contributed by atoms with E-state index >= 15 is 0 Å². The topological polar surface area (TPSA) is 86.9 Å². The lowest BCUT2D eigenvalue weighted by Gasteiger charge is -2.06. The van der Waals surface area contributed by atoms with Crippen LogP contribution in [0.3, 0.4) is 0 Å². The third kappa shape index (κ3) is 4.16. The maximum absolute atomic E-state index is 12.6. The van der Waals surface area contributed by atoms with Crippen molar-refractivity contribution in [1.82, 2.24) is 10.2 Å². The number of benzene rings is 2. The molecule has 3 N–H and O–H groups in total. The smallest absolute Gasteiger partial charge is 0.265 e. The number of aryl methyl sites for hydroxylation is 1. The molecule has 0 spiro atoms. The Morgan fingerprint density at radius 3 is 2.66 bits per heavy atom. The van der Waals surface area contributed by atoms with Crippen molar-refractivity contribution in [2.24, 2.45) is 0 Å². The molecule has 4 rings (SSSR count). The van der Waals surface area contributed by atoms with Crippen molar-refractivity contribution in [3.05, 3.63) is 75.6 Å². The number of thiophene rings is 1. The predicted octanol–water partition coefficient (Wildman–Crippen LogP) is 5.02. The highest BCUT2D eigenvalue weighted by Crippen LogP contribution is 2.30. The molecule has 0 saturated carbocycles. The fraction of sp³-hybridized carbons (Fsp3) is 0.0952. The number of hydrogen-bond donors (Lipinski definition) is 3. The summed E-state index contributed by atoms with van der Waals surface area (Å²) in [6.45, 7) is 1.97. The average molecular weight is 425 g/mol. The van der Waals surface area contributed by atoms with Crippen LogP contribution in [0.15, 0.2) is 54.6 Å². The summed E-state index contributed by atoms with van der Waals surface area (Å²) < 4.78 is 0. The fourth-order valence-corrected chi connectivity index (χ4v) is 4.01. The van der Waals surface area contributed by atoms with E-state index in [2.05, 4.69) is 20.8 Å². The van der Waals surface area contributed by atoms with Gasteiger partial charge >= 0.3 is 0 Å². The van der Waals surface area contributed by atoms with E-state index in [0.717, 1.165) is 11.1 Å². The van der Waals surface area contributed by atoms with E-state index in [1.807, 2.05) is 31.2 Å². The summed E-state index contributed by atoms with van der Waals surface area (Å²) >= 11 is 7.36. The molecule has 0 fully saturated rings. The van der Waals surface area contributed by atoms with E-state index in [9.17, 15) is 9.59 Å². The number of aromatic amines is 1. The number of aromatic nitrogens is 2. The molecule has 0 aliphatic heterocycles. The molecule has 2 heterocycles. The molecule has 8 heteroatoms. The number of H-pyrrole nitrogens is 1. The Labute approximate surface area is 175 Å². The first kappa shape index (κ1) is 19.2. The van der Waals surface area contributed by atoms with Crippen LogP contribution >= 0.6 is 22.9 Å². The minimum Gasteiger partial charge on any atom is -0.320 e. The minimum atomic E-state index is -0.273. The number of fused-ring (bicyclic) bond motifs is 1. The number of nitrogens with one attached hydrogen (secondary N) is 3. The SMILES string of the molecule is Cc1ccccc1CC(=O)Nc1n[nH]c2sc(C(=O)Nc3ccccc3Cl)cc12. The zero-order valence-electron chi connectivity index (χ0n) is 15.5. The van der Waals surface area contributed by atoms with Crippen LogP contribution in [0.5, 0.6) is 0 Å². The summed E-state index contributed by atoms with van der Waals surface area (Å²) in [4.78, 5) is 26.2. The van der Waals surface area contributed by atoms with Gasteiger partial charge in [-0.15, -0.1) is 11.3 Å². The van der Waals surface area contributed by atoms with Crippen molar-refractivity contribution >= 4 is 56.5 Å². The minimum absolute atomic E-state index is 0.166. The number of halogens is 1. The normalized spacial score (nSPS) is 10.8. The van der Waals surface area contributed by atoms with Crippen molar-refractivity contribution in [2.75, 3.05) is 10.6 Å². The Bertz CT molecular complexity index is 1210. The second kappa shape index (κ2) is 8.06. The van der Waals surface area contributed by atoms with Crippen molar-refractivity contribution in [1.29, 1.82) is 0 Å². The first-order chi connectivity index (χ1) is 14.0. The van der Waals surface area contributed by atoms with Crippen LogP contribution in [0, 0.1) is 6.92 Å². The summed E-state index contributed by atoms with van der Waals surface area (Å²) in [5, 5.41) is 13.8. The van der Waals surface area contributed by atoms with Gasteiger partial charge in [-0.2, -0.15) is 5.10 Å². The second-order valence-electron chi connectivity index (χ2n) is 6.51. The van der Waals surface area contributed by atoms with E-state index in [1.54, 1.807) is 30.3 Å². The summed E-state index contributed by atoms with van der Waals surface area (Å²) in [5.74, 6) is -0.0301. The lowest BCUT2D eigenvalue weighted by atomic mass is 10.1. The first-order valence-electron chi connectivity index (χ1n) is 8.89. The van der Waals surface area contributed by atoms with Crippen molar-refractivity contribution < 1.29 is 9.59 Å². The van der Waals surface area contributed by atoms with E-state index in [-0.39, 0.29) is 18.2 Å². The van der Waals surface area contributed by atoms with Crippen molar-refractivity contribution in [2.45, 2.75) is 13.3 Å². The number of para-hydroxylation sites is 1. The molecule has 0 unspecified atom stereocenters. The Kier molecular flexibility index (Phi) is 5.33. The molecular formula is C21H17ClN4O2S. The molecule has 146 valence electrons. The third-order valence-electron chi connectivity index (χ3n) is 4.47. The van der Waals surface area contributed by atoms with Gasteiger partial charge in [0.1, 0.15) is 4.83 Å². The molecule has 4 aromatic rings. The standard InChI is InChI=1S/C21H17ClN4O2S/c1-12-6-2-3-7-13(12)10-18(27)24-19-14-11-17(29-21(14)26-25-19)20(28)23-16-9-5-4-8-15(16)22/h2-9,11H,10H2,1H3,(H,23,28)(H2,24,25,26,27). The maximum Gasteiger partial charge on any atom is 0.265 e. The number of rotatable bonds is 5. The van der Waals surface area contributed by atoms with E-state index in [4.69, 9.17) is 11.6 Å². The summed E-state index contributed by atoms with van der Waals surface area (Å²) in [6.07, 6.45) is 0.255. The van der Waals surface area contributed by atoms with Crippen LogP contribution in [-0.2, 0) is 11.2 Å². The van der Waals surface area contributed by atoms with Gasteiger partial charge in [0.05, 0.1) is 27.4 Å². The van der Waals surface area contributed by atoms with Crippen LogP contribution in [0.4, 0.5) is 11.5 Å². The quantitative estimate of drug-likeness (QED) is 0.420. The van der Waals surface area contributed by atoms with Crippen LogP contribution in [0.25, 0.3) is 10.2 Å². The molecule has 0 radical (unpaired) electrons. The molecule has 0 aliphatic carbocycles. The lowest BCUT2D eigenvalue weighted by molar-refractivity contribution is -0.115. The molecule has 2 aromatic carbocycles. The monoisotopic (exact) mass is 424 g/mol. The molecule has 0 saturated heterocycles. The number of anilines is 2. The van der Waals surface area contributed by atoms with Gasteiger partial charge in [-0.05, 0) is 36.2 Å². The fourth-order valence-electron chi connectivity index (χ4n) is 2.93. The van der Waals surface area contributed by atoms with Gasteiger partial charge in [-0.3, -0.25) is 14.7 Å². The second-order valence-corrected chi connectivity index (χ2v) is 7.97. The highest BCUT2D eigenvalue weighted by atomic mass is 35.5. The Morgan fingerprint density at radius 1 is 1.10 bits per heavy atom. The zero-order chi connectivity index (χ0) is 20.4. The molecular weight excluding hydrogens is 408 g/mol. The highest BCUT2D eigenvalue weighted by Gasteiger charge is 2.17. The lowest BCUT2D eigenvalue weighted by Crippen LogP contribution is -2.15. The van der Waals surface area contributed by atoms with Crippen LogP contribution < -0.4 is 10.6 Å². The highest BCUT2D eigenvalue weighted by molar-refractivity contribution is 7.20. The molecule has 29 heavy (non-hydrogen) atoms. The zero-order valence-corrected chi connectivity index (χ0v) is 17.0. The number of nitrogens with zero attached hydrogens (tertiary/aromatic N) is 1. The number of carbonyl (C=O) groups excluding carboxylic acids is 2. The van der Waals surface area contributed by atoms with Gasteiger partial charge in [0, 0.05) is 0 Å². The van der Waals surface area contributed by atoms with E-state index in [0.29, 0.717) is 31.6 Å². The Hall–Kier alpha value is -3.16. The van der Waals surface area contributed by atoms with Gasteiger partial charge < -0.3 is 10.6 Å². The Balaban J connectivity index is 1.50. The summed E-state index contributed by atoms with van der Waals surface area (Å²) in [5.41, 5.74) is 2.56. The first-order valence-corrected chi connectivity index (χ1v) is 10.1. The van der Waals surface area contributed by atoms with Gasteiger partial charge in [-0.1, -0.05) is 48.0 Å². The van der Waals surface area contributed by atoms with Crippen LogP contribution in [-0.4, -0.2) is 22.0 Å². The molecule has 0 bridgehead atoms. The summed E-state index contributed by atoms with van der Waals surface area (Å²) in [7, 11) is 0. The molecule has 2 aromatic heterocycles. The largest absolute Gasteiger partial charge is 0.320 e. The van der Waals surface area contributed by atoms with Gasteiger partial charge in [0.25, 0.3) is 5.91 Å². The van der Waals surface area contributed by atoms with Crippen molar-refractivity contribution in [3.63, 3.8) is 0 Å². The molecule has 0 atom stereocenters. The van der Waals surface area contributed by atoms with E-state index < -0.39 is 0 Å². The van der Waals surface area contributed by atoms with Crippen molar-refractivity contribution in [3.8, 4) is 0 Å². The summed E-state index contributed by atoms with van der Waals surface area (Å²) in [6, 6.07) is 16.5. The molecule has 0 aliphatic rings. The number of carbonyl (C=O) groups is 2. The molecule has 6 nitrogen and oxygen atoms in total. The molecule has 2 amide bonds. The van der Waals surface area contributed by atoms with Gasteiger partial charge in [-0.25, -0.2) is 0 Å². The van der Waals surface area contributed by atoms with Gasteiger partial charge in [0.15, 0.2) is 5.82 Å². The number of amides is 2. The van der Waals surface area contributed by atoms with Gasteiger partial charge in [0.2, 0.25) is 5.91 Å². The van der Waals surface area contributed by atoms with Crippen LogP contribution in [0.1, 0.15) is 20.8 Å². The Morgan fingerprint density at radius 2 is 1.86 bits per heavy atom. The average Bonchev–Trinajstić information content (AvgIpc) is 3.28. The van der Waals surface area contributed by atoms with E-state index in [1.165, 1.54) is 11.3 Å². The third-order valence-corrected chi connectivity index (χ3v) is 5.84. The number of hydrogen-bond acceptors (Lipinski definition) is 4.